The molecule has 2 aliphatic carbocycles. The standard InChI is InChI=1S/2C6H7.C2H7Si.2BrH.Hf/c2*1-6-4-2-3-5-6;1-3-2;;;/h2*2,4H,3H2,1H3;3H,1-2H3;2*1H;. The summed E-state index contributed by atoms with van der Waals surface area (Å²) in [6.45, 7) is 9.83. The van der Waals surface area contributed by atoms with Crippen molar-refractivity contribution < 1.29 is 20.6 Å². The molecule has 0 saturated carbocycles. The van der Waals surface area contributed by atoms with Gasteiger partial charge >= 0.3 is 108 Å². The number of rotatable bonds is 3. The van der Waals surface area contributed by atoms with Gasteiger partial charge in [0.25, 0.3) is 0 Å². The zero-order valence-corrected chi connectivity index (χ0v) is 19.8. The minimum atomic E-state index is -1.58. The molecule has 0 aromatic heterocycles. The zero-order valence-electron chi connectivity index (χ0n) is 11.6. The summed E-state index contributed by atoms with van der Waals surface area (Å²) in [4.78, 5) is 0. The Balaban J connectivity index is 0.00000144. The molecule has 2 rings (SSSR count). The van der Waals surface area contributed by atoms with E-state index in [1.165, 1.54) is 12.8 Å². The van der Waals surface area contributed by atoms with Crippen LogP contribution >= 0.6 is 34.0 Å². The van der Waals surface area contributed by atoms with E-state index >= 15 is 0 Å². The summed E-state index contributed by atoms with van der Waals surface area (Å²) >= 11 is -1.58. The SMILES string of the molecule is Br.Br.CC1=[C]([Hf]([C]2=C(C)C=CC2)[SiH](C)C)CC=C1. The van der Waals surface area contributed by atoms with E-state index in [1.807, 2.05) is 6.66 Å². The molecule has 4 heteroatoms. The molecule has 0 unspecified atom stereocenters. The normalized spacial score (nSPS) is 17.4. The van der Waals surface area contributed by atoms with E-state index < -0.39 is 26.6 Å². The van der Waals surface area contributed by atoms with Crippen molar-refractivity contribution in [2.75, 3.05) is 0 Å². The molecule has 0 saturated heterocycles. The van der Waals surface area contributed by atoms with Crippen LogP contribution in [0.3, 0.4) is 0 Å². The van der Waals surface area contributed by atoms with Gasteiger partial charge in [0.1, 0.15) is 0 Å². The second-order valence-corrected chi connectivity index (χ2v) is 31.9. The predicted octanol–water partition coefficient (Wildman–Crippen LogP) is 5.21. The van der Waals surface area contributed by atoms with Crippen LogP contribution in [0.25, 0.3) is 0 Å². The molecule has 0 N–H and O–H groups in total. The second kappa shape index (κ2) is 8.33. The molecule has 0 atom stereocenters. The van der Waals surface area contributed by atoms with Gasteiger partial charge in [0.15, 0.2) is 0 Å². The molecule has 0 radical (unpaired) electrons. The monoisotopic (exact) mass is 557 g/mol. The van der Waals surface area contributed by atoms with Gasteiger partial charge in [-0.2, -0.15) is 0 Å². The summed E-state index contributed by atoms with van der Waals surface area (Å²) in [5, 5.41) is 0. The van der Waals surface area contributed by atoms with Crippen molar-refractivity contribution in [2.24, 2.45) is 0 Å². The first-order valence-electron chi connectivity index (χ1n) is 6.21. The molecular weight excluding hydrogens is 535 g/mol. The van der Waals surface area contributed by atoms with Gasteiger partial charge in [0, 0.05) is 0 Å². The average molecular weight is 558 g/mol. The molecule has 0 fully saturated rings. The molecule has 0 spiro atoms. The molecule has 2 aliphatic rings. The maximum atomic E-state index is 2.58. The Bertz CT molecular complexity index is 384. The van der Waals surface area contributed by atoms with E-state index in [1.54, 1.807) is 11.1 Å². The van der Waals surface area contributed by atoms with Gasteiger partial charge in [-0.25, -0.2) is 0 Å². The fourth-order valence-corrected chi connectivity index (χ4v) is 32.2. The Kier molecular flexibility index (Phi) is 8.79. The maximum absolute atomic E-state index is 2.58. The van der Waals surface area contributed by atoms with Crippen molar-refractivity contribution >= 4 is 39.9 Å². The third-order valence-corrected chi connectivity index (χ3v) is 31.8. The van der Waals surface area contributed by atoms with Crippen molar-refractivity contribution in [3.63, 3.8) is 0 Å². The predicted molar refractivity (Wildman–Crippen MR) is 92.4 cm³/mol. The zero-order chi connectivity index (χ0) is 11.7. The third kappa shape index (κ3) is 4.00. The first kappa shape index (κ1) is 19.0. The van der Waals surface area contributed by atoms with Gasteiger partial charge < -0.3 is 0 Å². The molecule has 0 aromatic rings. The van der Waals surface area contributed by atoms with Crippen LogP contribution in [0.15, 0.2) is 42.1 Å². The Morgan fingerprint density at radius 1 is 0.889 bits per heavy atom. The molecule has 0 heterocycles. The van der Waals surface area contributed by atoms with Crippen molar-refractivity contribution in [3.05, 3.63) is 42.1 Å². The summed E-state index contributed by atoms with van der Waals surface area (Å²) < 4.78 is 3.84. The molecule has 101 valence electrons. The summed E-state index contributed by atoms with van der Waals surface area (Å²) in [6.07, 6.45) is 12.0. The Morgan fingerprint density at radius 2 is 1.28 bits per heavy atom. The van der Waals surface area contributed by atoms with Gasteiger partial charge in [0.05, 0.1) is 0 Å². The molecule has 0 amide bonds. The Hall–Kier alpha value is 1.01. The summed E-state index contributed by atoms with van der Waals surface area (Å²) in [5.41, 5.74) is 3.24. The van der Waals surface area contributed by atoms with Gasteiger partial charge in [-0.15, -0.1) is 34.0 Å². The minimum absolute atomic E-state index is 0. The second-order valence-electron chi connectivity index (χ2n) is 5.10. The summed E-state index contributed by atoms with van der Waals surface area (Å²) in [7, 11) is 0. The van der Waals surface area contributed by atoms with Gasteiger partial charge in [0.2, 0.25) is 0 Å². The fourth-order valence-electron chi connectivity index (χ4n) is 2.75. The Morgan fingerprint density at radius 3 is 1.50 bits per heavy atom. The Labute approximate surface area is 141 Å². The molecule has 18 heavy (non-hydrogen) atoms. The molecule has 0 nitrogen and oxygen atoms in total. The van der Waals surface area contributed by atoms with E-state index in [0.717, 1.165) is 0 Å². The van der Waals surface area contributed by atoms with Crippen LogP contribution in [0.5, 0.6) is 0 Å². The van der Waals surface area contributed by atoms with Gasteiger partial charge in [-0.3, -0.25) is 0 Å². The van der Waals surface area contributed by atoms with Crippen LogP contribution < -0.4 is 0 Å². The molecular formula is C14H23Br2HfSi. The van der Waals surface area contributed by atoms with Crippen LogP contribution in [0.1, 0.15) is 26.7 Å². The quantitative estimate of drug-likeness (QED) is 0.418. The average Bonchev–Trinajstić information content (AvgIpc) is 2.79. The topological polar surface area (TPSA) is 0 Å². The number of halogens is 2. The molecule has 0 aromatic carbocycles. The van der Waals surface area contributed by atoms with Gasteiger partial charge in [-0.05, 0) is 0 Å². The van der Waals surface area contributed by atoms with E-state index in [2.05, 4.69) is 51.2 Å². The summed E-state index contributed by atoms with van der Waals surface area (Å²) in [5.74, 6) is -0.452. The number of hydrogen-bond donors (Lipinski definition) is 0. The molecule has 0 aliphatic heterocycles. The van der Waals surface area contributed by atoms with Crippen molar-refractivity contribution in [2.45, 2.75) is 39.8 Å². The third-order valence-electron chi connectivity index (χ3n) is 3.56. The number of allylic oxidation sites excluding steroid dienone is 8. The van der Waals surface area contributed by atoms with Crippen LogP contribution in [-0.4, -0.2) is 5.98 Å². The van der Waals surface area contributed by atoms with E-state index in [0.29, 0.717) is 0 Å². The van der Waals surface area contributed by atoms with Crippen LogP contribution in [0, 0.1) is 0 Å². The number of hydrogen-bond acceptors (Lipinski definition) is 0. The van der Waals surface area contributed by atoms with Crippen LogP contribution in [0.4, 0.5) is 0 Å². The van der Waals surface area contributed by atoms with E-state index in [9.17, 15) is 0 Å². The summed E-state index contributed by atoms with van der Waals surface area (Å²) in [6, 6.07) is 0. The van der Waals surface area contributed by atoms with Crippen molar-refractivity contribution in [1.82, 2.24) is 0 Å². The van der Waals surface area contributed by atoms with Crippen molar-refractivity contribution in [1.29, 1.82) is 0 Å². The van der Waals surface area contributed by atoms with Crippen LogP contribution in [0.2, 0.25) is 13.1 Å². The van der Waals surface area contributed by atoms with Crippen LogP contribution in [-0.2, 0) is 20.6 Å². The molecule has 0 bridgehead atoms. The van der Waals surface area contributed by atoms with Crippen molar-refractivity contribution in [3.8, 4) is 0 Å². The first-order chi connectivity index (χ1) is 7.61. The fraction of sp³-hybridized carbons (Fsp3) is 0.429. The van der Waals surface area contributed by atoms with Gasteiger partial charge in [-0.1, -0.05) is 0 Å². The first-order valence-corrected chi connectivity index (χ1v) is 18.9. The van der Waals surface area contributed by atoms with E-state index in [-0.39, 0.29) is 34.0 Å². The van der Waals surface area contributed by atoms with E-state index in [4.69, 9.17) is 0 Å².